The van der Waals surface area contributed by atoms with E-state index in [-0.39, 0.29) is 16.8 Å². The molecule has 1 aromatic rings. The third-order valence-electron chi connectivity index (χ3n) is 1.17. The van der Waals surface area contributed by atoms with E-state index in [1.54, 1.807) is 0 Å². The number of nitrogens with zero attached hydrogens (tertiary/aromatic N) is 1. The van der Waals surface area contributed by atoms with E-state index < -0.39 is 6.09 Å². The van der Waals surface area contributed by atoms with Gasteiger partial charge in [-0.25, -0.2) is 9.78 Å². The number of rotatable bonds is 2. The summed E-state index contributed by atoms with van der Waals surface area (Å²) in [4.78, 5) is 14.1. The first-order valence-electron chi connectivity index (χ1n) is 3.30. The molecule has 2 N–H and O–H groups in total. The lowest BCUT2D eigenvalue weighted by Crippen LogP contribution is -2.16. The number of hydrogen-bond acceptors (Lipinski definition) is 4. The molecule has 1 amide bonds. The summed E-state index contributed by atoms with van der Waals surface area (Å²) in [5.41, 5.74) is 4.80. The topological polar surface area (TPSA) is 74.4 Å². The summed E-state index contributed by atoms with van der Waals surface area (Å²) in [7, 11) is 1.42. The first kappa shape index (κ1) is 9.60. The van der Waals surface area contributed by atoms with Gasteiger partial charge in [-0.05, 0) is 0 Å². The number of amides is 1. The molecule has 0 aromatic carbocycles. The second-order valence-corrected chi connectivity index (χ2v) is 2.48. The number of hydrogen-bond donors (Lipinski definition) is 1. The van der Waals surface area contributed by atoms with Crippen molar-refractivity contribution < 1.29 is 14.3 Å². The number of aromatic nitrogens is 1. The highest BCUT2D eigenvalue weighted by Gasteiger charge is 2.04. The molecule has 0 atom stereocenters. The molecule has 1 heterocycles. The molecular formula is C7H7ClN2O3. The maximum atomic E-state index is 10.4. The van der Waals surface area contributed by atoms with Gasteiger partial charge in [0.2, 0.25) is 5.88 Å². The molecular weight excluding hydrogens is 196 g/mol. The molecule has 0 saturated carbocycles. The molecule has 0 unspecified atom stereocenters. The van der Waals surface area contributed by atoms with Gasteiger partial charge >= 0.3 is 6.09 Å². The molecule has 1 aromatic heterocycles. The zero-order chi connectivity index (χ0) is 9.84. The third kappa shape index (κ3) is 2.79. The van der Waals surface area contributed by atoms with Gasteiger partial charge in [0.05, 0.1) is 7.11 Å². The third-order valence-corrected chi connectivity index (χ3v) is 1.37. The molecule has 0 fully saturated rings. The quantitative estimate of drug-likeness (QED) is 0.732. The van der Waals surface area contributed by atoms with Crippen LogP contribution in [0, 0.1) is 0 Å². The van der Waals surface area contributed by atoms with E-state index in [0.717, 1.165) is 0 Å². The first-order valence-corrected chi connectivity index (χ1v) is 3.68. The SMILES string of the molecule is COc1cc(OC(N)=O)cc(Cl)n1. The van der Waals surface area contributed by atoms with Gasteiger partial charge in [-0.2, -0.15) is 0 Å². The molecule has 13 heavy (non-hydrogen) atoms. The Kier molecular flexibility index (Phi) is 2.92. The number of nitrogens with two attached hydrogens (primary N) is 1. The Morgan fingerprint density at radius 2 is 2.31 bits per heavy atom. The zero-order valence-corrected chi connectivity index (χ0v) is 7.54. The van der Waals surface area contributed by atoms with Crippen molar-refractivity contribution >= 4 is 17.7 Å². The minimum atomic E-state index is -0.913. The first-order chi connectivity index (χ1) is 6.11. The summed E-state index contributed by atoms with van der Waals surface area (Å²) in [6.07, 6.45) is -0.913. The summed E-state index contributed by atoms with van der Waals surface area (Å²) < 4.78 is 9.36. The van der Waals surface area contributed by atoms with Crippen LogP contribution in [0.1, 0.15) is 0 Å². The van der Waals surface area contributed by atoms with Crippen LogP contribution in [0.3, 0.4) is 0 Å². The highest BCUT2D eigenvalue weighted by atomic mass is 35.5. The maximum Gasteiger partial charge on any atom is 0.409 e. The van der Waals surface area contributed by atoms with Gasteiger partial charge in [-0.15, -0.1) is 0 Å². The van der Waals surface area contributed by atoms with E-state index in [1.807, 2.05) is 0 Å². The molecule has 1 rings (SSSR count). The Balaban J connectivity index is 2.94. The van der Waals surface area contributed by atoms with Crippen LogP contribution in [-0.2, 0) is 0 Å². The Bertz CT molecular complexity index is 330. The van der Waals surface area contributed by atoms with E-state index >= 15 is 0 Å². The lowest BCUT2D eigenvalue weighted by Gasteiger charge is -2.03. The minimum Gasteiger partial charge on any atom is -0.481 e. The predicted octanol–water partition coefficient (Wildman–Crippen LogP) is 1.20. The van der Waals surface area contributed by atoms with Gasteiger partial charge in [0, 0.05) is 12.1 Å². The van der Waals surface area contributed by atoms with Crippen molar-refractivity contribution in [3.63, 3.8) is 0 Å². The molecule has 0 spiro atoms. The van der Waals surface area contributed by atoms with Gasteiger partial charge in [0.15, 0.2) is 0 Å². The maximum absolute atomic E-state index is 10.4. The van der Waals surface area contributed by atoms with Crippen LogP contribution in [0.2, 0.25) is 5.15 Å². The van der Waals surface area contributed by atoms with Crippen LogP contribution < -0.4 is 15.2 Å². The van der Waals surface area contributed by atoms with Crippen LogP contribution in [0.15, 0.2) is 12.1 Å². The van der Waals surface area contributed by atoms with Crippen LogP contribution in [-0.4, -0.2) is 18.2 Å². The second-order valence-electron chi connectivity index (χ2n) is 2.09. The van der Waals surface area contributed by atoms with Gasteiger partial charge in [0.1, 0.15) is 10.9 Å². The molecule has 0 aliphatic rings. The van der Waals surface area contributed by atoms with Gasteiger partial charge in [-0.1, -0.05) is 11.6 Å². The number of pyridine rings is 1. The fourth-order valence-electron chi connectivity index (χ4n) is 0.730. The van der Waals surface area contributed by atoms with Crippen molar-refractivity contribution in [2.24, 2.45) is 5.73 Å². The predicted molar refractivity (Wildman–Crippen MR) is 46.0 cm³/mol. The number of methoxy groups -OCH3 is 1. The van der Waals surface area contributed by atoms with E-state index in [9.17, 15) is 4.79 Å². The summed E-state index contributed by atoms with van der Waals surface area (Å²) >= 11 is 5.59. The smallest absolute Gasteiger partial charge is 0.409 e. The fraction of sp³-hybridized carbons (Fsp3) is 0.143. The Hall–Kier alpha value is -1.49. The minimum absolute atomic E-state index is 0.163. The number of primary amides is 1. The highest BCUT2D eigenvalue weighted by molar-refractivity contribution is 6.29. The van der Waals surface area contributed by atoms with Gasteiger partial charge < -0.3 is 15.2 Å². The molecule has 0 saturated heterocycles. The summed E-state index contributed by atoms with van der Waals surface area (Å²) in [5.74, 6) is 0.452. The molecule has 0 bridgehead atoms. The number of carbonyl (C=O) groups excluding carboxylic acids is 1. The molecule has 70 valence electrons. The van der Waals surface area contributed by atoms with E-state index in [1.165, 1.54) is 19.2 Å². The molecule has 6 heteroatoms. The van der Waals surface area contributed by atoms with E-state index in [0.29, 0.717) is 0 Å². The number of halogens is 1. The van der Waals surface area contributed by atoms with Gasteiger partial charge in [-0.3, -0.25) is 0 Å². The lowest BCUT2D eigenvalue weighted by molar-refractivity contribution is 0.210. The zero-order valence-electron chi connectivity index (χ0n) is 6.78. The highest BCUT2D eigenvalue weighted by Crippen LogP contribution is 2.21. The Morgan fingerprint density at radius 3 is 2.85 bits per heavy atom. The lowest BCUT2D eigenvalue weighted by atomic mass is 10.4. The van der Waals surface area contributed by atoms with Crippen molar-refractivity contribution in [1.29, 1.82) is 0 Å². The van der Waals surface area contributed by atoms with E-state index in [4.69, 9.17) is 22.1 Å². The van der Waals surface area contributed by atoms with Crippen molar-refractivity contribution in [3.05, 3.63) is 17.3 Å². The standard InChI is InChI=1S/C7H7ClN2O3/c1-12-6-3-4(13-7(9)11)2-5(8)10-6/h2-3H,1H3,(H2,9,11). The molecule has 0 aliphatic carbocycles. The number of carbonyl (C=O) groups is 1. The average molecular weight is 203 g/mol. The number of ether oxygens (including phenoxy) is 2. The Labute approximate surface area is 79.4 Å². The van der Waals surface area contributed by atoms with Crippen LogP contribution in [0.25, 0.3) is 0 Å². The van der Waals surface area contributed by atoms with E-state index in [2.05, 4.69) is 9.72 Å². The second kappa shape index (κ2) is 3.95. The largest absolute Gasteiger partial charge is 0.481 e. The molecule has 5 nitrogen and oxygen atoms in total. The van der Waals surface area contributed by atoms with Crippen molar-refractivity contribution in [2.75, 3.05) is 7.11 Å². The van der Waals surface area contributed by atoms with Crippen LogP contribution in [0.5, 0.6) is 11.6 Å². The van der Waals surface area contributed by atoms with Crippen molar-refractivity contribution in [1.82, 2.24) is 4.98 Å². The van der Waals surface area contributed by atoms with Crippen molar-refractivity contribution in [2.45, 2.75) is 0 Å². The van der Waals surface area contributed by atoms with Crippen molar-refractivity contribution in [3.8, 4) is 11.6 Å². The summed E-state index contributed by atoms with van der Waals surface area (Å²) in [6, 6.07) is 2.76. The monoisotopic (exact) mass is 202 g/mol. The fourth-order valence-corrected chi connectivity index (χ4v) is 0.921. The molecule has 0 aliphatic heterocycles. The normalized spacial score (nSPS) is 9.38. The average Bonchev–Trinajstić information content (AvgIpc) is 2.01. The van der Waals surface area contributed by atoms with Crippen LogP contribution in [0.4, 0.5) is 4.79 Å². The summed E-state index contributed by atoms with van der Waals surface area (Å²) in [5, 5.41) is 0.163. The van der Waals surface area contributed by atoms with Gasteiger partial charge in [0.25, 0.3) is 0 Å². The molecule has 0 radical (unpaired) electrons. The summed E-state index contributed by atoms with van der Waals surface area (Å²) in [6.45, 7) is 0. The van der Waals surface area contributed by atoms with Crippen LogP contribution >= 0.6 is 11.6 Å². The Morgan fingerprint density at radius 1 is 1.62 bits per heavy atom.